The minimum absolute atomic E-state index is 0.0625. The molecule has 1 aliphatic heterocycles. The Hall–Kier alpha value is -2.28. The smallest absolute Gasteiger partial charge is 0.288 e. The van der Waals surface area contributed by atoms with Crippen molar-refractivity contribution in [3.8, 4) is 11.5 Å². The third-order valence-electron chi connectivity index (χ3n) is 3.16. The number of ether oxygens (including phenoxy) is 2. The van der Waals surface area contributed by atoms with E-state index >= 15 is 0 Å². The van der Waals surface area contributed by atoms with Crippen LogP contribution in [0.3, 0.4) is 0 Å². The lowest BCUT2D eigenvalue weighted by Crippen LogP contribution is -2.40. The van der Waals surface area contributed by atoms with E-state index in [0.29, 0.717) is 33.8 Å². The molecule has 7 heteroatoms. The summed E-state index contributed by atoms with van der Waals surface area (Å²) in [6.45, 7) is 0.0625. The van der Waals surface area contributed by atoms with Gasteiger partial charge in [-0.15, -0.1) is 0 Å². The van der Waals surface area contributed by atoms with Gasteiger partial charge in [0, 0.05) is 4.90 Å². The highest BCUT2D eigenvalue weighted by atomic mass is 32.2. The molecule has 1 amide bonds. The normalized spacial score (nSPS) is 16.2. The number of thioether (sulfide) groups is 1. The Bertz CT molecular complexity index is 711. The summed E-state index contributed by atoms with van der Waals surface area (Å²) in [5, 5.41) is 2.62. The fourth-order valence-electron chi connectivity index (χ4n) is 2.13. The Morgan fingerprint density at radius 2 is 1.83 bits per heavy atom. The Morgan fingerprint density at radius 3 is 2.61 bits per heavy atom. The monoisotopic (exact) mass is 337 g/mol. The molecule has 2 aromatic carbocycles. The van der Waals surface area contributed by atoms with Crippen LogP contribution in [0.15, 0.2) is 53.4 Å². The van der Waals surface area contributed by atoms with Crippen molar-refractivity contribution < 1.29 is 23.0 Å². The van der Waals surface area contributed by atoms with Gasteiger partial charge in [0.15, 0.2) is 11.5 Å². The maximum absolute atomic E-state index is 12.6. The predicted octanol–water partition coefficient (Wildman–Crippen LogP) is 3.78. The molecule has 0 aromatic heterocycles. The molecule has 120 valence electrons. The molecule has 1 atom stereocenters. The number of benzene rings is 2. The summed E-state index contributed by atoms with van der Waals surface area (Å²) in [6, 6.07) is 13.4. The number of anilines is 1. The first kappa shape index (κ1) is 15.6. The minimum Gasteiger partial charge on any atom is -0.485 e. The molecule has 0 saturated carbocycles. The van der Waals surface area contributed by atoms with Gasteiger partial charge in [-0.1, -0.05) is 36.0 Å². The number of hydrogen-bond donors (Lipinski definition) is 1. The summed E-state index contributed by atoms with van der Waals surface area (Å²) in [7, 11) is 0. The van der Waals surface area contributed by atoms with Gasteiger partial charge in [-0.25, -0.2) is 0 Å². The first-order valence-electron chi connectivity index (χ1n) is 6.86. The van der Waals surface area contributed by atoms with Crippen LogP contribution < -0.4 is 14.8 Å². The predicted molar refractivity (Wildman–Crippen MR) is 83.3 cm³/mol. The Kier molecular flexibility index (Phi) is 4.66. The van der Waals surface area contributed by atoms with Crippen molar-refractivity contribution in [1.82, 2.24) is 0 Å². The van der Waals surface area contributed by atoms with Gasteiger partial charge in [0.1, 0.15) is 6.61 Å². The van der Waals surface area contributed by atoms with Crippen molar-refractivity contribution in [2.24, 2.45) is 0 Å². The number of carbonyl (C=O) groups excluding carboxylic acids is 1. The lowest BCUT2D eigenvalue weighted by Gasteiger charge is -2.25. The van der Waals surface area contributed by atoms with Crippen LogP contribution in [0.25, 0.3) is 0 Å². The van der Waals surface area contributed by atoms with Crippen molar-refractivity contribution in [2.75, 3.05) is 11.9 Å². The van der Waals surface area contributed by atoms with Crippen molar-refractivity contribution in [2.45, 2.75) is 16.8 Å². The zero-order chi connectivity index (χ0) is 16.2. The molecule has 0 saturated heterocycles. The summed E-state index contributed by atoms with van der Waals surface area (Å²) in [4.78, 5) is 12.6. The number of halogens is 2. The van der Waals surface area contributed by atoms with Gasteiger partial charge >= 0.3 is 0 Å². The molecule has 0 aliphatic carbocycles. The fraction of sp³-hybridized carbons (Fsp3) is 0.188. The van der Waals surface area contributed by atoms with E-state index in [9.17, 15) is 13.6 Å². The number of nitrogens with one attached hydrogen (secondary N) is 1. The van der Waals surface area contributed by atoms with Gasteiger partial charge in [0.2, 0.25) is 6.10 Å². The Balaban J connectivity index is 1.71. The first-order chi connectivity index (χ1) is 11.1. The second-order valence-corrected chi connectivity index (χ2v) is 5.76. The minimum atomic E-state index is -2.56. The molecule has 0 radical (unpaired) electrons. The molecule has 1 heterocycles. The molecular formula is C16H13F2NO3S. The maximum Gasteiger partial charge on any atom is 0.288 e. The summed E-state index contributed by atoms with van der Waals surface area (Å²) in [6.07, 6.45) is -0.838. The van der Waals surface area contributed by atoms with E-state index in [-0.39, 0.29) is 6.61 Å². The number of fused-ring (bicyclic) bond motifs is 1. The van der Waals surface area contributed by atoms with Crippen LogP contribution in [0.5, 0.6) is 11.5 Å². The number of hydrogen-bond acceptors (Lipinski definition) is 4. The van der Waals surface area contributed by atoms with Crippen molar-refractivity contribution in [1.29, 1.82) is 0 Å². The molecule has 0 bridgehead atoms. The lowest BCUT2D eigenvalue weighted by molar-refractivity contribution is -0.125. The van der Waals surface area contributed by atoms with Crippen LogP contribution in [0.4, 0.5) is 14.5 Å². The Morgan fingerprint density at radius 1 is 1.13 bits per heavy atom. The van der Waals surface area contributed by atoms with Crippen LogP contribution >= 0.6 is 11.8 Å². The second kappa shape index (κ2) is 6.87. The summed E-state index contributed by atoms with van der Waals surface area (Å²) in [5.41, 5.74) is 0.324. The zero-order valence-electron chi connectivity index (χ0n) is 11.9. The Labute approximate surface area is 135 Å². The van der Waals surface area contributed by atoms with Crippen molar-refractivity contribution in [3.63, 3.8) is 0 Å². The average Bonchev–Trinajstić information content (AvgIpc) is 2.55. The SMILES string of the molecule is O=C(Nc1ccccc1SC(F)F)[C@@H]1COc2ccccc2O1. The maximum atomic E-state index is 12.6. The third kappa shape index (κ3) is 3.73. The number of carbonyl (C=O) groups is 1. The number of amides is 1. The summed E-state index contributed by atoms with van der Waals surface area (Å²) in [5.74, 6) is -1.95. The van der Waals surface area contributed by atoms with Gasteiger partial charge in [0.05, 0.1) is 5.69 Å². The quantitative estimate of drug-likeness (QED) is 0.863. The number of para-hydroxylation sites is 3. The zero-order valence-corrected chi connectivity index (χ0v) is 12.7. The van der Waals surface area contributed by atoms with Crippen LogP contribution in [0.2, 0.25) is 0 Å². The van der Waals surface area contributed by atoms with E-state index in [1.807, 2.05) is 0 Å². The van der Waals surface area contributed by atoms with E-state index < -0.39 is 17.8 Å². The molecule has 23 heavy (non-hydrogen) atoms. The van der Waals surface area contributed by atoms with Crippen molar-refractivity contribution >= 4 is 23.4 Å². The van der Waals surface area contributed by atoms with E-state index in [1.54, 1.807) is 42.5 Å². The van der Waals surface area contributed by atoms with E-state index in [0.717, 1.165) is 0 Å². The number of alkyl halides is 2. The van der Waals surface area contributed by atoms with E-state index in [1.165, 1.54) is 6.07 Å². The third-order valence-corrected chi connectivity index (χ3v) is 3.95. The van der Waals surface area contributed by atoms with Gasteiger partial charge in [-0.3, -0.25) is 4.79 Å². The molecular weight excluding hydrogens is 324 g/mol. The molecule has 1 N–H and O–H groups in total. The van der Waals surface area contributed by atoms with Crippen LogP contribution in [0, 0.1) is 0 Å². The van der Waals surface area contributed by atoms with Crippen LogP contribution in [0.1, 0.15) is 0 Å². The average molecular weight is 337 g/mol. The topological polar surface area (TPSA) is 47.6 Å². The van der Waals surface area contributed by atoms with Gasteiger partial charge in [-0.2, -0.15) is 8.78 Å². The van der Waals surface area contributed by atoms with Gasteiger partial charge < -0.3 is 14.8 Å². The van der Waals surface area contributed by atoms with Crippen LogP contribution in [-0.4, -0.2) is 24.4 Å². The van der Waals surface area contributed by atoms with Crippen molar-refractivity contribution in [3.05, 3.63) is 48.5 Å². The van der Waals surface area contributed by atoms with Crippen LogP contribution in [-0.2, 0) is 4.79 Å². The first-order valence-corrected chi connectivity index (χ1v) is 7.74. The molecule has 4 nitrogen and oxygen atoms in total. The lowest BCUT2D eigenvalue weighted by atomic mass is 10.2. The highest BCUT2D eigenvalue weighted by Gasteiger charge is 2.27. The van der Waals surface area contributed by atoms with E-state index in [4.69, 9.17) is 9.47 Å². The fourth-order valence-corrected chi connectivity index (χ4v) is 2.73. The highest BCUT2D eigenvalue weighted by Crippen LogP contribution is 2.33. The summed E-state index contributed by atoms with van der Waals surface area (Å²) < 4.78 is 36.2. The van der Waals surface area contributed by atoms with Gasteiger partial charge in [0.25, 0.3) is 11.7 Å². The molecule has 0 fully saturated rings. The standard InChI is InChI=1S/C16H13F2NO3S/c17-16(18)23-14-8-4-1-5-10(14)19-15(20)13-9-21-11-6-2-3-7-12(11)22-13/h1-8,13,16H,9H2,(H,19,20)/t13-/m0/s1. The highest BCUT2D eigenvalue weighted by molar-refractivity contribution is 7.99. The largest absolute Gasteiger partial charge is 0.485 e. The molecule has 3 rings (SSSR count). The van der Waals surface area contributed by atoms with E-state index in [2.05, 4.69) is 5.32 Å². The molecule has 1 aliphatic rings. The molecule has 2 aromatic rings. The van der Waals surface area contributed by atoms with Gasteiger partial charge in [-0.05, 0) is 24.3 Å². The number of rotatable bonds is 4. The summed E-state index contributed by atoms with van der Waals surface area (Å²) >= 11 is 0.382. The molecule has 0 spiro atoms. The second-order valence-electron chi connectivity index (χ2n) is 4.73. The molecule has 0 unspecified atom stereocenters.